The summed E-state index contributed by atoms with van der Waals surface area (Å²) < 4.78 is 0. The summed E-state index contributed by atoms with van der Waals surface area (Å²) in [6.45, 7) is 1.99. The SMILES string of the molecule is Cc1ccc2ccccc2c1NC(=O)c1cc(-c2ccc(Cl)c(Cl)c2)nc2ccccc12. The summed E-state index contributed by atoms with van der Waals surface area (Å²) in [7, 11) is 0. The van der Waals surface area contributed by atoms with Crippen LogP contribution in [0.25, 0.3) is 32.9 Å². The Bertz CT molecular complexity index is 1510. The zero-order valence-electron chi connectivity index (χ0n) is 17.2. The molecule has 0 unspecified atom stereocenters. The van der Waals surface area contributed by atoms with Gasteiger partial charge in [-0.05, 0) is 42.1 Å². The molecule has 32 heavy (non-hydrogen) atoms. The van der Waals surface area contributed by atoms with E-state index in [1.165, 1.54) is 0 Å². The highest BCUT2D eigenvalue weighted by atomic mass is 35.5. The van der Waals surface area contributed by atoms with Crippen molar-refractivity contribution >= 4 is 56.5 Å². The van der Waals surface area contributed by atoms with Crippen LogP contribution in [0, 0.1) is 6.92 Å². The number of hydrogen-bond donors (Lipinski definition) is 1. The Hall–Kier alpha value is -3.40. The third-order valence-electron chi connectivity index (χ3n) is 5.55. The van der Waals surface area contributed by atoms with E-state index in [2.05, 4.69) is 11.4 Å². The molecule has 0 atom stereocenters. The van der Waals surface area contributed by atoms with E-state index >= 15 is 0 Å². The molecule has 0 aliphatic rings. The third-order valence-corrected chi connectivity index (χ3v) is 6.29. The first-order chi connectivity index (χ1) is 15.5. The van der Waals surface area contributed by atoms with Gasteiger partial charge >= 0.3 is 0 Å². The summed E-state index contributed by atoms with van der Waals surface area (Å²) in [5, 5.41) is 6.92. The van der Waals surface area contributed by atoms with Crippen LogP contribution < -0.4 is 5.32 Å². The minimum atomic E-state index is -0.190. The lowest BCUT2D eigenvalue weighted by Gasteiger charge is -2.14. The number of fused-ring (bicyclic) bond motifs is 2. The molecule has 3 nitrogen and oxygen atoms in total. The Balaban J connectivity index is 1.64. The van der Waals surface area contributed by atoms with Gasteiger partial charge in [0.15, 0.2) is 0 Å². The van der Waals surface area contributed by atoms with Crippen molar-refractivity contribution in [2.24, 2.45) is 0 Å². The number of rotatable bonds is 3. The molecule has 0 aliphatic carbocycles. The highest BCUT2D eigenvalue weighted by molar-refractivity contribution is 6.42. The second-order valence-corrected chi connectivity index (χ2v) is 8.45. The number of pyridine rings is 1. The predicted molar refractivity (Wildman–Crippen MR) is 134 cm³/mol. The van der Waals surface area contributed by atoms with Crippen LogP contribution in [0.5, 0.6) is 0 Å². The second-order valence-electron chi connectivity index (χ2n) is 7.63. The molecule has 5 aromatic rings. The minimum Gasteiger partial charge on any atom is -0.321 e. The molecule has 4 aromatic carbocycles. The molecule has 0 radical (unpaired) electrons. The minimum absolute atomic E-state index is 0.190. The smallest absolute Gasteiger partial charge is 0.256 e. The summed E-state index contributed by atoms with van der Waals surface area (Å²) in [4.78, 5) is 18.3. The first-order valence-electron chi connectivity index (χ1n) is 10.2. The summed E-state index contributed by atoms with van der Waals surface area (Å²) in [5.41, 5.74) is 4.53. The number of carbonyl (C=O) groups is 1. The van der Waals surface area contributed by atoms with Crippen LogP contribution in [0.3, 0.4) is 0 Å². The zero-order chi connectivity index (χ0) is 22.2. The van der Waals surface area contributed by atoms with Gasteiger partial charge in [0.2, 0.25) is 0 Å². The van der Waals surface area contributed by atoms with Gasteiger partial charge in [0.05, 0.1) is 32.5 Å². The van der Waals surface area contributed by atoms with Crippen LogP contribution in [0.1, 0.15) is 15.9 Å². The quantitative estimate of drug-likeness (QED) is 0.299. The van der Waals surface area contributed by atoms with E-state index in [1.54, 1.807) is 18.2 Å². The Morgan fingerprint density at radius 3 is 2.38 bits per heavy atom. The molecule has 156 valence electrons. The molecule has 1 heterocycles. The lowest BCUT2D eigenvalue weighted by Crippen LogP contribution is -2.14. The molecule has 1 aromatic heterocycles. The van der Waals surface area contributed by atoms with Crippen molar-refractivity contribution in [3.63, 3.8) is 0 Å². The van der Waals surface area contributed by atoms with Crippen molar-refractivity contribution in [2.45, 2.75) is 6.92 Å². The normalized spacial score (nSPS) is 11.1. The zero-order valence-corrected chi connectivity index (χ0v) is 18.7. The lowest BCUT2D eigenvalue weighted by atomic mass is 10.0. The highest BCUT2D eigenvalue weighted by Crippen LogP contribution is 2.32. The van der Waals surface area contributed by atoms with Gasteiger partial charge in [-0.15, -0.1) is 0 Å². The van der Waals surface area contributed by atoms with Gasteiger partial charge in [0.1, 0.15) is 0 Å². The van der Waals surface area contributed by atoms with E-state index in [0.29, 0.717) is 21.3 Å². The maximum absolute atomic E-state index is 13.5. The van der Waals surface area contributed by atoms with Gasteiger partial charge in [-0.1, -0.05) is 83.9 Å². The van der Waals surface area contributed by atoms with Crippen molar-refractivity contribution in [1.82, 2.24) is 4.98 Å². The monoisotopic (exact) mass is 456 g/mol. The van der Waals surface area contributed by atoms with Crippen LogP contribution in [0.2, 0.25) is 10.0 Å². The number of hydrogen-bond acceptors (Lipinski definition) is 2. The van der Waals surface area contributed by atoms with E-state index in [9.17, 15) is 4.79 Å². The Labute approximate surface area is 195 Å². The van der Waals surface area contributed by atoms with E-state index in [4.69, 9.17) is 28.2 Å². The molecule has 5 rings (SSSR count). The Kier molecular flexibility index (Phi) is 5.30. The number of benzene rings is 4. The number of para-hydroxylation sites is 1. The number of aromatic nitrogens is 1. The molecular formula is C27H18Cl2N2O. The maximum atomic E-state index is 13.5. The number of halogens is 2. The standard InChI is InChI=1S/C27H18Cl2N2O/c1-16-10-11-17-6-2-3-7-19(17)26(16)31-27(32)21-15-25(18-12-13-22(28)23(29)14-18)30-24-9-5-4-8-20(21)24/h2-15H,1H3,(H,31,32). The van der Waals surface area contributed by atoms with Gasteiger partial charge < -0.3 is 5.32 Å². The first-order valence-corrected chi connectivity index (χ1v) is 10.9. The van der Waals surface area contributed by atoms with Crippen molar-refractivity contribution in [3.8, 4) is 11.3 Å². The Morgan fingerprint density at radius 2 is 1.56 bits per heavy atom. The van der Waals surface area contributed by atoms with E-state index in [1.807, 2.05) is 67.6 Å². The van der Waals surface area contributed by atoms with Gasteiger partial charge in [-0.25, -0.2) is 4.98 Å². The molecule has 0 fully saturated rings. The maximum Gasteiger partial charge on any atom is 0.256 e. The van der Waals surface area contributed by atoms with Crippen LogP contribution in [0.15, 0.2) is 84.9 Å². The molecule has 5 heteroatoms. The van der Waals surface area contributed by atoms with Crippen molar-refractivity contribution < 1.29 is 4.79 Å². The van der Waals surface area contributed by atoms with Crippen LogP contribution in [-0.4, -0.2) is 10.9 Å². The number of carbonyl (C=O) groups excluding carboxylic acids is 1. The first kappa shape index (κ1) is 20.5. The molecular weight excluding hydrogens is 439 g/mol. The average molecular weight is 457 g/mol. The van der Waals surface area contributed by atoms with Crippen molar-refractivity contribution in [1.29, 1.82) is 0 Å². The van der Waals surface area contributed by atoms with E-state index in [0.717, 1.165) is 38.5 Å². The highest BCUT2D eigenvalue weighted by Gasteiger charge is 2.16. The number of anilines is 1. The lowest BCUT2D eigenvalue weighted by molar-refractivity contribution is 0.102. The van der Waals surface area contributed by atoms with Gasteiger partial charge in [0.25, 0.3) is 5.91 Å². The molecule has 0 spiro atoms. The molecule has 0 aliphatic heterocycles. The molecule has 0 saturated heterocycles. The van der Waals surface area contributed by atoms with E-state index in [-0.39, 0.29) is 5.91 Å². The molecule has 1 N–H and O–H groups in total. The summed E-state index contributed by atoms with van der Waals surface area (Å²) in [5.74, 6) is -0.190. The number of nitrogens with one attached hydrogen (secondary N) is 1. The fourth-order valence-corrected chi connectivity index (χ4v) is 4.19. The fourth-order valence-electron chi connectivity index (χ4n) is 3.89. The van der Waals surface area contributed by atoms with Gasteiger partial charge in [-0.3, -0.25) is 4.79 Å². The van der Waals surface area contributed by atoms with Crippen LogP contribution >= 0.6 is 23.2 Å². The number of nitrogens with zero attached hydrogens (tertiary/aromatic N) is 1. The molecule has 0 saturated carbocycles. The summed E-state index contributed by atoms with van der Waals surface area (Å²) >= 11 is 12.3. The van der Waals surface area contributed by atoms with Gasteiger partial charge in [0, 0.05) is 16.3 Å². The number of aryl methyl sites for hydroxylation is 1. The Morgan fingerprint density at radius 1 is 0.812 bits per heavy atom. The predicted octanol–water partition coefficient (Wildman–Crippen LogP) is 7.92. The topological polar surface area (TPSA) is 42.0 Å². The average Bonchev–Trinajstić information content (AvgIpc) is 2.82. The van der Waals surface area contributed by atoms with Gasteiger partial charge in [-0.2, -0.15) is 0 Å². The van der Waals surface area contributed by atoms with E-state index < -0.39 is 0 Å². The van der Waals surface area contributed by atoms with Crippen LogP contribution in [0.4, 0.5) is 5.69 Å². The molecule has 0 bridgehead atoms. The molecule has 1 amide bonds. The fraction of sp³-hybridized carbons (Fsp3) is 0.0370. The van der Waals surface area contributed by atoms with Crippen molar-refractivity contribution in [2.75, 3.05) is 5.32 Å². The largest absolute Gasteiger partial charge is 0.321 e. The summed E-state index contributed by atoms with van der Waals surface area (Å²) in [6, 6.07) is 26.9. The van der Waals surface area contributed by atoms with Crippen molar-refractivity contribution in [3.05, 3.63) is 106 Å². The summed E-state index contributed by atoms with van der Waals surface area (Å²) in [6.07, 6.45) is 0. The van der Waals surface area contributed by atoms with Crippen LogP contribution in [-0.2, 0) is 0 Å². The second kappa shape index (κ2) is 8.27. The number of amides is 1. The third kappa shape index (κ3) is 3.70.